The fraction of sp³-hybridized carbons (Fsp3) is 0.769. The van der Waals surface area contributed by atoms with Crippen LogP contribution in [-0.2, 0) is 0 Å². The van der Waals surface area contributed by atoms with Crippen molar-refractivity contribution in [2.45, 2.75) is 45.6 Å². The molecule has 19 heavy (non-hydrogen) atoms. The monoisotopic (exact) mass is 265 g/mol. The maximum absolute atomic E-state index is 5.08. The van der Waals surface area contributed by atoms with Crippen LogP contribution in [-0.4, -0.2) is 35.2 Å². The lowest BCUT2D eigenvalue weighted by Gasteiger charge is -2.34. The quantitative estimate of drug-likeness (QED) is 0.870. The summed E-state index contributed by atoms with van der Waals surface area (Å²) in [5.74, 6) is 1.10. The molecule has 1 aliphatic rings. The summed E-state index contributed by atoms with van der Waals surface area (Å²) in [5, 5.41) is 6.30. The number of ether oxygens (including phenoxy) is 1. The van der Waals surface area contributed by atoms with Gasteiger partial charge in [-0.05, 0) is 31.1 Å². The number of nitrogens with zero attached hydrogens (tertiary/aromatic N) is 3. The Bertz CT molecular complexity index is 403. The molecule has 0 unspecified atom stereocenters. The standard InChI is InChI=1S/C13H23N5O/c1-13(2)7-5-9(6-8-13)15-11-16-10(14-3)17-12(18-11)19-4/h9H,5-8H2,1-4H3,(H2,14,15,16,17,18). The second kappa shape index (κ2) is 5.59. The predicted molar refractivity (Wildman–Crippen MR) is 75.6 cm³/mol. The van der Waals surface area contributed by atoms with Crippen LogP contribution in [0.15, 0.2) is 0 Å². The zero-order valence-electron chi connectivity index (χ0n) is 12.2. The Hall–Kier alpha value is -1.59. The minimum Gasteiger partial charge on any atom is -0.467 e. The lowest BCUT2D eigenvalue weighted by Crippen LogP contribution is -2.30. The molecule has 2 rings (SSSR count). The zero-order valence-corrected chi connectivity index (χ0v) is 12.2. The van der Waals surface area contributed by atoms with Crippen molar-refractivity contribution in [1.29, 1.82) is 0 Å². The van der Waals surface area contributed by atoms with Gasteiger partial charge >= 0.3 is 6.01 Å². The van der Waals surface area contributed by atoms with Gasteiger partial charge in [0, 0.05) is 13.1 Å². The van der Waals surface area contributed by atoms with Gasteiger partial charge in [-0.1, -0.05) is 13.8 Å². The van der Waals surface area contributed by atoms with Crippen LogP contribution >= 0.6 is 0 Å². The van der Waals surface area contributed by atoms with Gasteiger partial charge in [0.25, 0.3) is 0 Å². The number of rotatable bonds is 4. The van der Waals surface area contributed by atoms with Crippen LogP contribution in [0.1, 0.15) is 39.5 Å². The third-order valence-corrected chi connectivity index (χ3v) is 3.69. The third kappa shape index (κ3) is 3.68. The second-order valence-electron chi connectivity index (χ2n) is 5.80. The third-order valence-electron chi connectivity index (χ3n) is 3.69. The van der Waals surface area contributed by atoms with E-state index in [1.807, 2.05) is 0 Å². The van der Waals surface area contributed by atoms with E-state index in [4.69, 9.17) is 4.74 Å². The van der Waals surface area contributed by atoms with Crippen molar-refractivity contribution in [2.24, 2.45) is 5.41 Å². The molecule has 0 bridgehead atoms. The first-order chi connectivity index (χ1) is 9.02. The Morgan fingerprint density at radius 1 is 1.11 bits per heavy atom. The fourth-order valence-electron chi connectivity index (χ4n) is 2.35. The summed E-state index contributed by atoms with van der Waals surface area (Å²) in [6, 6.07) is 0.767. The van der Waals surface area contributed by atoms with Crippen molar-refractivity contribution in [3.63, 3.8) is 0 Å². The first-order valence-electron chi connectivity index (χ1n) is 6.77. The Balaban J connectivity index is 2.03. The van der Waals surface area contributed by atoms with Crippen LogP contribution in [0, 0.1) is 5.41 Å². The van der Waals surface area contributed by atoms with E-state index in [-0.39, 0.29) is 0 Å². The van der Waals surface area contributed by atoms with E-state index in [1.54, 1.807) is 14.2 Å². The summed E-state index contributed by atoms with van der Waals surface area (Å²) >= 11 is 0. The van der Waals surface area contributed by atoms with Crippen LogP contribution < -0.4 is 15.4 Å². The highest BCUT2D eigenvalue weighted by Gasteiger charge is 2.27. The average molecular weight is 265 g/mol. The van der Waals surface area contributed by atoms with Crippen LogP contribution in [0.2, 0.25) is 0 Å². The highest BCUT2D eigenvalue weighted by Crippen LogP contribution is 2.35. The Kier molecular flexibility index (Phi) is 4.07. The maximum Gasteiger partial charge on any atom is 0.322 e. The van der Waals surface area contributed by atoms with Gasteiger partial charge in [-0.15, -0.1) is 0 Å². The van der Waals surface area contributed by atoms with Crippen molar-refractivity contribution in [1.82, 2.24) is 15.0 Å². The number of anilines is 2. The van der Waals surface area contributed by atoms with Crippen molar-refractivity contribution in [2.75, 3.05) is 24.8 Å². The topological polar surface area (TPSA) is 72.0 Å². The van der Waals surface area contributed by atoms with Gasteiger partial charge < -0.3 is 15.4 Å². The molecule has 0 saturated heterocycles. The SMILES string of the molecule is CNc1nc(NC2CCC(C)(C)CC2)nc(OC)n1. The van der Waals surface area contributed by atoms with Gasteiger partial charge in [-0.2, -0.15) is 15.0 Å². The number of hydrogen-bond donors (Lipinski definition) is 2. The van der Waals surface area contributed by atoms with E-state index in [1.165, 1.54) is 12.8 Å². The number of hydrogen-bond acceptors (Lipinski definition) is 6. The van der Waals surface area contributed by atoms with Gasteiger partial charge in [0.05, 0.1) is 7.11 Å². The van der Waals surface area contributed by atoms with E-state index in [0.29, 0.717) is 29.4 Å². The molecule has 1 aromatic heterocycles. The summed E-state index contributed by atoms with van der Waals surface area (Å²) in [6.07, 6.45) is 4.75. The molecule has 1 aromatic rings. The minimum atomic E-state index is 0.331. The molecule has 1 saturated carbocycles. The molecule has 0 amide bonds. The highest BCUT2D eigenvalue weighted by atomic mass is 16.5. The van der Waals surface area contributed by atoms with Gasteiger partial charge in [0.1, 0.15) is 0 Å². The van der Waals surface area contributed by atoms with Gasteiger partial charge in [-0.25, -0.2) is 0 Å². The first-order valence-corrected chi connectivity index (χ1v) is 6.77. The van der Waals surface area contributed by atoms with Gasteiger partial charge in [0.15, 0.2) is 0 Å². The van der Waals surface area contributed by atoms with Crippen LogP contribution in [0.3, 0.4) is 0 Å². The van der Waals surface area contributed by atoms with Crippen molar-refractivity contribution in [3.8, 4) is 6.01 Å². The fourth-order valence-corrected chi connectivity index (χ4v) is 2.35. The lowest BCUT2D eigenvalue weighted by atomic mass is 9.76. The molecule has 6 heteroatoms. The van der Waals surface area contributed by atoms with E-state index in [0.717, 1.165) is 12.8 Å². The van der Waals surface area contributed by atoms with Crippen molar-refractivity contribution in [3.05, 3.63) is 0 Å². The Morgan fingerprint density at radius 3 is 2.32 bits per heavy atom. The summed E-state index contributed by atoms with van der Waals surface area (Å²) in [6.45, 7) is 4.66. The molecule has 1 aliphatic carbocycles. The summed E-state index contributed by atoms with van der Waals surface area (Å²) in [7, 11) is 3.34. The highest BCUT2D eigenvalue weighted by molar-refractivity contribution is 5.36. The molecular formula is C13H23N5O. The zero-order chi connectivity index (χ0) is 13.9. The first kappa shape index (κ1) is 13.8. The summed E-state index contributed by atoms with van der Waals surface area (Å²) in [4.78, 5) is 12.6. The molecule has 0 atom stereocenters. The number of nitrogens with one attached hydrogen (secondary N) is 2. The van der Waals surface area contributed by atoms with Crippen molar-refractivity contribution < 1.29 is 4.74 Å². The molecule has 0 spiro atoms. The molecule has 1 heterocycles. The largest absolute Gasteiger partial charge is 0.467 e. The van der Waals surface area contributed by atoms with E-state index in [2.05, 4.69) is 39.4 Å². The molecule has 6 nitrogen and oxygen atoms in total. The van der Waals surface area contributed by atoms with Crippen LogP contribution in [0.25, 0.3) is 0 Å². The number of methoxy groups -OCH3 is 1. The lowest BCUT2D eigenvalue weighted by molar-refractivity contribution is 0.232. The predicted octanol–water partition coefficient (Wildman–Crippen LogP) is 2.30. The molecule has 106 valence electrons. The molecule has 0 aliphatic heterocycles. The van der Waals surface area contributed by atoms with E-state index in [9.17, 15) is 0 Å². The number of aromatic nitrogens is 3. The minimum absolute atomic E-state index is 0.331. The molecule has 1 fully saturated rings. The average Bonchev–Trinajstić information content (AvgIpc) is 2.40. The molecular weight excluding hydrogens is 242 g/mol. The van der Waals surface area contributed by atoms with E-state index >= 15 is 0 Å². The Morgan fingerprint density at radius 2 is 1.74 bits per heavy atom. The van der Waals surface area contributed by atoms with Crippen molar-refractivity contribution >= 4 is 11.9 Å². The molecule has 0 radical (unpaired) electrons. The van der Waals surface area contributed by atoms with Crippen LogP contribution in [0.4, 0.5) is 11.9 Å². The smallest absolute Gasteiger partial charge is 0.322 e. The van der Waals surface area contributed by atoms with Gasteiger partial charge in [-0.3, -0.25) is 0 Å². The summed E-state index contributed by atoms with van der Waals surface area (Å²) in [5.41, 5.74) is 0.463. The normalized spacial score (nSPS) is 18.9. The second-order valence-corrected chi connectivity index (χ2v) is 5.80. The van der Waals surface area contributed by atoms with E-state index < -0.39 is 0 Å². The summed E-state index contributed by atoms with van der Waals surface area (Å²) < 4.78 is 5.08. The molecule has 2 N–H and O–H groups in total. The molecule has 0 aromatic carbocycles. The Labute approximate surface area is 114 Å². The van der Waals surface area contributed by atoms with Crippen LogP contribution in [0.5, 0.6) is 6.01 Å². The van der Waals surface area contributed by atoms with Gasteiger partial charge in [0.2, 0.25) is 11.9 Å². The maximum atomic E-state index is 5.08.